The molecule has 0 saturated heterocycles. The highest BCUT2D eigenvalue weighted by molar-refractivity contribution is 6.32. The molecule has 0 heterocycles. The molecule has 5 heteroatoms. The molecule has 20 heavy (non-hydrogen) atoms. The fourth-order valence-electron chi connectivity index (χ4n) is 1.69. The molecule has 1 aromatic carbocycles. The molecule has 112 valence electrons. The SMILES string of the molecule is COc1ccc(NCCC(=O)NCCC(C)C)cc1Cl. The number of nitrogens with one attached hydrogen (secondary N) is 2. The van der Waals surface area contributed by atoms with E-state index in [1.165, 1.54) is 0 Å². The van der Waals surface area contributed by atoms with Gasteiger partial charge in [0, 0.05) is 25.2 Å². The third-order valence-electron chi connectivity index (χ3n) is 2.88. The van der Waals surface area contributed by atoms with Gasteiger partial charge in [0.05, 0.1) is 12.1 Å². The Labute approximate surface area is 125 Å². The Morgan fingerprint density at radius 1 is 1.35 bits per heavy atom. The van der Waals surface area contributed by atoms with Gasteiger partial charge in [-0.1, -0.05) is 25.4 Å². The van der Waals surface area contributed by atoms with E-state index in [1.807, 2.05) is 6.07 Å². The zero-order valence-electron chi connectivity index (χ0n) is 12.3. The van der Waals surface area contributed by atoms with Crippen molar-refractivity contribution in [2.75, 3.05) is 25.5 Å². The molecule has 1 amide bonds. The van der Waals surface area contributed by atoms with Crippen LogP contribution in [0.5, 0.6) is 5.75 Å². The van der Waals surface area contributed by atoms with E-state index in [2.05, 4.69) is 24.5 Å². The van der Waals surface area contributed by atoms with Crippen molar-refractivity contribution in [3.8, 4) is 5.75 Å². The Morgan fingerprint density at radius 2 is 2.10 bits per heavy atom. The molecular weight excluding hydrogens is 276 g/mol. The molecule has 0 aliphatic carbocycles. The van der Waals surface area contributed by atoms with Crippen LogP contribution in [0.1, 0.15) is 26.7 Å². The lowest BCUT2D eigenvalue weighted by Gasteiger charge is -2.10. The summed E-state index contributed by atoms with van der Waals surface area (Å²) in [5.74, 6) is 1.32. The number of amides is 1. The second-order valence-electron chi connectivity index (χ2n) is 5.06. The molecule has 0 aliphatic rings. The van der Waals surface area contributed by atoms with E-state index in [4.69, 9.17) is 16.3 Å². The Bertz CT molecular complexity index is 436. The van der Waals surface area contributed by atoms with Crippen LogP contribution in [0, 0.1) is 5.92 Å². The molecule has 0 aliphatic heterocycles. The summed E-state index contributed by atoms with van der Waals surface area (Å²) in [6.07, 6.45) is 1.45. The number of carbonyl (C=O) groups excluding carboxylic acids is 1. The first-order valence-electron chi connectivity index (χ1n) is 6.87. The Kier molecular flexibility index (Phi) is 7.23. The van der Waals surface area contributed by atoms with Crippen molar-refractivity contribution < 1.29 is 9.53 Å². The molecule has 4 nitrogen and oxygen atoms in total. The van der Waals surface area contributed by atoms with Crippen molar-refractivity contribution in [2.45, 2.75) is 26.7 Å². The summed E-state index contributed by atoms with van der Waals surface area (Å²) in [6.45, 7) is 5.60. The molecule has 0 spiro atoms. The lowest BCUT2D eigenvalue weighted by Crippen LogP contribution is -2.27. The normalized spacial score (nSPS) is 10.4. The van der Waals surface area contributed by atoms with Gasteiger partial charge in [-0.05, 0) is 30.5 Å². The first-order chi connectivity index (χ1) is 9.52. The van der Waals surface area contributed by atoms with E-state index in [-0.39, 0.29) is 5.91 Å². The molecule has 2 N–H and O–H groups in total. The van der Waals surface area contributed by atoms with Crippen molar-refractivity contribution in [3.05, 3.63) is 23.2 Å². The minimum atomic E-state index is 0.0674. The van der Waals surface area contributed by atoms with Gasteiger partial charge >= 0.3 is 0 Å². The third-order valence-corrected chi connectivity index (χ3v) is 3.17. The van der Waals surface area contributed by atoms with Gasteiger partial charge in [0.1, 0.15) is 5.75 Å². The quantitative estimate of drug-likeness (QED) is 0.774. The zero-order valence-corrected chi connectivity index (χ0v) is 13.1. The lowest BCUT2D eigenvalue weighted by molar-refractivity contribution is -0.120. The second kappa shape index (κ2) is 8.69. The smallest absolute Gasteiger partial charge is 0.221 e. The van der Waals surface area contributed by atoms with Crippen molar-refractivity contribution in [1.29, 1.82) is 0 Å². The Morgan fingerprint density at radius 3 is 2.70 bits per heavy atom. The van der Waals surface area contributed by atoms with Crippen LogP contribution in [0.3, 0.4) is 0 Å². The minimum Gasteiger partial charge on any atom is -0.495 e. The maximum absolute atomic E-state index is 11.6. The number of anilines is 1. The van der Waals surface area contributed by atoms with E-state index in [0.29, 0.717) is 29.7 Å². The number of halogens is 1. The largest absolute Gasteiger partial charge is 0.495 e. The predicted octanol–water partition coefficient (Wildman–Crippen LogP) is 3.31. The summed E-state index contributed by atoms with van der Waals surface area (Å²) in [5, 5.41) is 6.63. The summed E-state index contributed by atoms with van der Waals surface area (Å²) in [4.78, 5) is 11.6. The van der Waals surface area contributed by atoms with Crippen molar-refractivity contribution in [1.82, 2.24) is 5.32 Å². The van der Waals surface area contributed by atoms with Gasteiger partial charge in [-0.2, -0.15) is 0 Å². The summed E-state index contributed by atoms with van der Waals surface area (Å²) < 4.78 is 5.08. The lowest BCUT2D eigenvalue weighted by atomic mass is 10.1. The van der Waals surface area contributed by atoms with Crippen LogP contribution in [0.25, 0.3) is 0 Å². The number of benzene rings is 1. The van der Waals surface area contributed by atoms with Gasteiger partial charge in [-0.15, -0.1) is 0 Å². The Balaban J connectivity index is 2.26. The van der Waals surface area contributed by atoms with E-state index >= 15 is 0 Å². The van der Waals surface area contributed by atoms with Crippen LogP contribution >= 0.6 is 11.6 Å². The van der Waals surface area contributed by atoms with Crippen LogP contribution in [0.2, 0.25) is 5.02 Å². The molecule has 1 aromatic rings. The fraction of sp³-hybridized carbons (Fsp3) is 0.533. The maximum Gasteiger partial charge on any atom is 0.221 e. The van der Waals surface area contributed by atoms with Gasteiger partial charge in [0.25, 0.3) is 0 Å². The molecule has 0 fully saturated rings. The van der Waals surface area contributed by atoms with Crippen molar-refractivity contribution in [3.63, 3.8) is 0 Å². The van der Waals surface area contributed by atoms with Crippen molar-refractivity contribution in [2.24, 2.45) is 5.92 Å². The fourth-order valence-corrected chi connectivity index (χ4v) is 1.94. The third kappa shape index (κ3) is 6.15. The molecule has 1 rings (SSSR count). The van der Waals surface area contributed by atoms with Gasteiger partial charge in [-0.3, -0.25) is 4.79 Å². The first kappa shape index (κ1) is 16.6. The standard InChI is InChI=1S/C15H23ClN2O2/c1-11(2)6-8-18-15(19)7-9-17-12-4-5-14(20-3)13(16)10-12/h4-5,10-11,17H,6-9H2,1-3H3,(H,18,19). The van der Waals surface area contributed by atoms with E-state index < -0.39 is 0 Å². The number of carbonyl (C=O) groups is 1. The summed E-state index contributed by atoms with van der Waals surface area (Å²) in [5.41, 5.74) is 0.880. The van der Waals surface area contributed by atoms with Gasteiger partial charge in [0.15, 0.2) is 0 Å². The summed E-state index contributed by atoms with van der Waals surface area (Å²) in [7, 11) is 1.58. The second-order valence-corrected chi connectivity index (χ2v) is 5.47. The number of ether oxygens (including phenoxy) is 1. The molecule has 0 radical (unpaired) electrons. The zero-order chi connectivity index (χ0) is 15.0. The minimum absolute atomic E-state index is 0.0674. The molecule has 0 aromatic heterocycles. The van der Waals surface area contributed by atoms with Gasteiger partial charge < -0.3 is 15.4 Å². The highest BCUT2D eigenvalue weighted by atomic mass is 35.5. The van der Waals surface area contributed by atoms with Crippen LogP contribution < -0.4 is 15.4 Å². The average molecular weight is 299 g/mol. The number of methoxy groups -OCH3 is 1. The number of rotatable bonds is 8. The Hall–Kier alpha value is -1.42. The van der Waals surface area contributed by atoms with Crippen LogP contribution in [0.4, 0.5) is 5.69 Å². The monoisotopic (exact) mass is 298 g/mol. The summed E-state index contributed by atoms with van der Waals surface area (Å²) in [6, 6.07) is 5.46. The molecular formula is C15H23ClN2O2. The summed E-state index contributed by atoms with van der Waals surface area (Å²) >= 11 is 6.02. The first-order valence-corrected chi connectivity index (χ1v) is 7.25. The van der Waals surface area contributed by atoms with Crippen LogP contribution in [0.15, 0.2) is 18.2 Å². The number of hydrogen-bond donors (Lipinski definition) is 2. The molecule has 0 bridgehead atoms. The van der Waals surface area contributed by atoms with E-state index in [9.17, 15) is 4.79 Å². The van der Waals surface area contributed by atoms with Gasteiger partial charge in [0.2, 0.25) is 5.91 Å². The highest BCUT2D eigenvalue weighted by Crippen LogP contribution is 2.27. The van der Waals surface area contributed by atoms with Gasteiger partial charge in [-0.25, -0.2) is 0 Å². The van der Waals surface area contributed by atoms with Crippen molar-refractivity contribution >= 4 is 23.2 Å². The van der Waals surface area contributed by atoms with E-state index in [1.54, 1.807) is 19.2 Å². The van der Waals surface area contributed by atoms with Crippen LogP contribution in [-0.2, 0) is 4.79 Å². The topological polar surface area (TPSA) is 50.4 Å². The van der Waals surface area contributed by atoms with E-state index in [0.717, 1.165) is 18.7 Å². The molecule has 0 saturated carbocycles. The maximum atomic E-state index is 11.6. The number of hydrogen-bond acceptors (Lipinski definition) is 3. The van der Waals surface area contributed by atoms with Crippen LogP contribution in [-0.4, -0.2) is 26.1 Å². The highest BCUT2D eigenvalue weighted by Gasteiger charge is 2.03. The molecule has 0 unspecified atom stereocenters. The average Bonchev–Trinajstić information content (AvgIpc) is 2.38. The molecule has 0 atom stereocenters. The predicted molar refractivity (Wildman–Crippen MR) is 83.6 cm³/mol.